The Balaban J connectivity index is 2.09. The van der Waals surface area contributed by atoms with Crippen molar-refractivity contribution < 1.29 is 4.92 Å². The Morgan fingerprint density at radius 3 is 2.55 bits per heavy atom. The Morgan fingerprint density at radius 1 is 1.14 bits per heavy atom. The maximum absolute atomic E-state index is 11.4. The van der Waals surface area contributed by atoms with Gasteiger partial charge in [0.15, 0.2) is 0 Å². The monoisotopic (exact) mass is 425 g/mol. The van der Waals surface area contributed by atoms with Gasteiger partial charge in [-0.15, -0.1) is 0 Å². The molecule has 1 aromatic carbocycles. The molecule has 0 fully saturated rings. The average molecular weight is 427 g/mol. The summed E-state index contributed by atoms with van der Waals surface area (Å²) in [7, 11) is 0. The zero-order valence-electron chi connectivity index (χ0n) is 12.4. The van der Waals surface area contributed by atoms with E-state index < -0.39 is 0 Å². The Bertz CT molecular complexity index is 707. The Hall–Kier alpha value is -0.940. The fraction of sp³-hybridized carbons (Fsp3) is 0.412. The molecule has 5 aliphatic rings. The lowest BCUT2D eigenvalue weighted by atomic mass is 9.82. The van der Waals surface area contributed by atoms with Gasteiger partial charge in [-0.2, -0.15) is 0 Å². The van der Waals surface area contributed by atoms with Gasteiger partial charge in [-0.05, 0) is 55.7 Å². The second-order valence-electron chi connectivity index (χ2n) is 6.11. The quantitative estimate of drug-likeness (QED) is 0.417. The van der Waals surface area contributed by atoms with E-state index in [1.165, 1.54) is 15.6 Å². The fourth-order valence-electron chi connectivity index (χ4n) is 3.40. The number of nitro benzene ring substituents is 1. The molecule has 0 radical (unpaired) electrons. The molecule has 1 atom stereocenters. The van der Waals surface area contributed by atoms with Gasteiger partial charge >= 0.3 is 0 Å². The molecule has 0 spiro atoms. The number of rotatable bonds is 1. The first-order valence-electron chi connectivity index (χ1n) is 7.49. The molecule has 1 unspecified atom stereocenters. The van der Waals surface area contributed by atoms with Crippen molar-refractivity contribution in [1.82, 2.24) is 0 Å². The number of aryl methyl sites for hydroxylation is 2. The number of allylic oxidation sites excluding steroid dienone is 4. The summed E-state index contributed by atoms with van der Waals surface area (Å²) in [5.74, 6) is 0.508. The summed E-state index contributed by atoms with van der Waals surface area (Å²) < 4.78 is 2.17. The second kappa shape index (κ2) is 6.28. The van der Waals surface area contributed by atoms with Crippen LogP contribution in [0.15, 0.2) is 38.3 Å². The summed E-state index contributed by atoms with van der Waals surface area (Å²) in [4.78, 5) is 11.1. The molecule has 4 bridgehead atoms. The van der Waals surface area contributed by atoms with Crippen LogP contribution in [0.1, 0.15) is 37.3 Å². The highest BCUT2D eigenvalue weighted by Gasteiger charge is 2.24. The molecule has 0 saturated carbocycles. The standard InChI is InChI=1S/C17H17Br2NO2/c1-10-6-11-2-3-12-9-17(20(21)22)13(8-15(12)18)4-5-14(10)16(19)7-11/h7-10H,2-6H2,1H3. The number of hydrogen-bond acceptors (Lipinski definition) is 2. The number of nitrogens with zero attached hydrogens (tertiary/aromatic N) is 1. The van der Waals surface area contributed by atoms with Crippen LogP contribution in [-0.2, 0) is 12.8 Å². The van der Waals surface area contributed by atoms with Gasteiger partial charge in [0.05, 0.1) is 4.92 Å². The van der Waals surface area contributed by atoms with Crippen molar-refractivity contribution in [2.24, 2.45) is 5.92 Å². The van der Waals surface area contributed by atoms with E-state index in [1.807, 2.05) is 6.07 Å². The summed E-state index contributed by atoms with van der Waals surface area (Å²) in [6, 6.07) is 3.69. The van der Waals surface area contributed by atoms with E-state index in [4.69, 9.17) is 0 Å². The highest BCUT2D eigenvalue weighted by Crippen LogP contribution is 2.39. The predicted molar refractivity (Wildman–Crippen MR) is 95.3 cm³/mol. The van der Waals surface area contributed by atoms with Crippen LogP contribution in [0.5, 0.6) is 0 Å². The highest BCUT2D eigenvalue weighted by molar-refractivity contribution is 9.12. The summed E-state index contributed by atoms with van der Waals surface area (Å²) in [6.45, 7) is 2.25. The topological polar surface area (TPSA) is 43.1 Å². The molecule has 3 nitrogen and oxygen atoms in total. The molecule has 0 aliphatic heterocycles. The van der Waals surface area contributed by atoms with Gasteiger partial charge in [0.25, 0.3) is 5.69 Å². The van der Waals surface area contributed by atoms with E-state index >= 15 is 0 Å². The normalized spacial score (nSPS) is 21.4. The van der Waals surface area contributed by atoms with E-state index in [0.29, 0.717) is 12.3 Å². The predicted octanol–water partition coefficient (Wildman–Crippen LogP) is 5.85. The van der Waals surface area contributed by atoms with E-state index in [1.54, 1.807) is 6.07 Å². The van der Waals surface area contributed by atoms with Crippen LogP contribution in [0, 0.1) is 16.0 Å². The first-order chi connectivity index (χ1) is 10.5. The number of nitro groups is 1. The van der Waals surface area contributed by atoms with Gasteiger partial charge in [-0.3, -0.25) is 10.1 Å². The van der Waals surface area contributed by atoms with Gasteiger partial charge in [0.2, 0.25) is 0 Å². The van der Waals surface area contributed by atoms with Crippen molar-refractivity contribution in [3.8, 4) is 0 Å². The van der Waals surface area contributed by atoms with Crippen molar-refractivity contribution in [2.75, 3.05) is 0 Å². The van der Waals surface area contributed by atoms with E-state index in [-0.39, 0.29) is 10.6 Å². The molecule has 5 aliphatic carbocycles. The first kappa shape index (κ1) is 15.9. The SMILES string of the molecule is CC1CC2=CC(Br)=C1CCc1cc(Br)c(cc1[N+](=O)[O-])CC2. The van der Waals surface area contributed by atoms with E-state index in [2.05, 4.69) is 44.9 Å². The largest absolute Gasteiger partial charge is 0.272 e. The maximum Gasteiger partial charge on any atom is 0.272 e. The van der Waals surface area contributed by atoms with Gasteiger partial charge in [0, 0.05) is 20.6 Å². The van der Waals surface area contributed by atoms with Crippen LogP contribution < -0.4 is 0 Å². The van der Waals surface area contributed by atoms with Crippen LogP contribution in [-0.4, -0.2) is 4.92 Å². The highest BCUT2D eigenvalue weighted by atomic mass is 79.9. The zero-order valence-corrected chi connectivity index (χ0v) is 15.5. The van der Waals surface area contributed by atoms with E-state index in [9.17, 15) is 10.1 Å². The smallest absolute Gasteiger partial charge is 0.258 e. The summed E-state index contributed by atoms with van der Waals surface area (Å²) in [5, 5.41) is 11.4. The average Bonchev–Trinajstić information content (AvgIpc) is 2.43. The van der Waals surface area contributed by atoms with Gasteiger partial charge in [-0.25, -0.2) is 0 Å². The molecule has 22 heavy (non-hydrogen) atoms. The molecule has 6 rings (SSSR count). The van der Waals surface area contributed by atoms with Crippen LogP contribution in [0.25, 0.3) is 0 Å². The van der Waals surface area contributed by atoms with Gasteiger partial charge in [0.1, 0.15) is 0 Å². The third-order valence-corrected chi connectivity index (χ3v) is 6.10. The number of halogens is 2. The molecule has 0 heterocycles. The van der Waals surface area contributed by atoms with Crippen molar-refractivity contribution >= 4 is 37.5 Å². The molecule has 0 aromatic heterocycles. The van der Waals surface area contributed by atoms with Crippen LogP contribution >= 0.6 is 31.9 Å². The lowest BCUT2D eigenvalue weighted by molar-refractivity contribution is -0.385. The van der Waals surface area contributed by atoms with Crippen molar-refractivity contribution in [3.05, 3.63) is 59.6 Å². The van der Waals surface area contributed by atoms with Crippen molar-refractivity contribution in [2.45, 2.75) is 39.0 Å². The van der Waals surface area contributed by atoms with Gasteiger partial charge < -0.3 is 0 Å². The van der Waals surface area contributed by atoms with Crippen molar-refractivity contribution in [1.29, 1.82) is 0 Å². The maximum atomic E-state index is 11.4. The molecular weight excluding hydrogens is 410 g/mol. The summed E-state index contributed by atoms with van der Waals surface area (Å²) in [5.41, 5.74) is 4.89. The third kappa shape index (κ3) is 3.06. The molecule has 0 N–H and O–H groups in total. The van der Waals surface area contributed by atoms with E-state index in [0.717, 1.165) is 41.3 Å². The minimum absolute atomic E-state index is 0.249. The minimum Gasteiger partial charge on any atom is -0.258 e. The molecule has 116 valence electrons. The third-order valence-electron chi connectivity index (χ3n) is 4.62. The first-order valence-corrected chi connectivity index (χ1v) is 9.08. The minimum atomic E-state index is -0.249. The Labute approximate surface area is 146 Å². The molecule has 1 aromatic rings. The van der Waals surface area contributed by atoms with Gasteiger partial charge in [-0.1, -0.05) is 49.9 Å². The summed E-state index contributed by atoms with van der Waals surface area (Å²) in [6.07, 6.45) is 6.69. The summed E-state index contributed by atoms with van der Waals surface area (Å²) >= 11 is 7.28. The van der Waals surface area contributed by atoms with Crippen LogP contribution in [0.4, 0.5) is 5.69 Å². The fourth-order valence-corrected chi connectivity index (χ4v) is 4.90. The lowest BCUT2D eigenvalue weighted by Gasteiger charge is -2.25. The molecule has 0 amide bonds. The number of hydrogen-bond donors (Lipinski definition) is 0. The van der Waals surface area contributed by atoms with Crippen LogP contribution in [0.2, 0.25) is 0 Å². The van der Waals surface area contributed by atoms with Crippen molar-refractivity contribution in [3.63, 3.8) is 0 Å². The molecule has 5 heteroatoms. The second-order valence-corrected chi connectivity index (χ2v) is 7.82. The Morgan fingerprint density at radius 2 is 1.86 bits per heavy atom. The Kier molecular flexibility index (Phi) is 4.55. The zero-order chi connectivity index (χ0) is 15.9. The van der Waals surface area contributed by atoms with Crippen LogP contribution in [0.3, 0.4) is 0 Å². The lowest BCUT2D eigenvalue weighted by Crippen LogP contribution is -2.11. The molecular formula is C17H17Br2NO2. The molecule has 0 saturated heterocycles. The number of benzene rings is 1.